The van der Waals surface area contributed by atoms with Crippen LogP contribution < -0.4 is 0 Å². The summed E-state index contributed by atoms with van der Waals surface area (Å²) in [5.74, 6) is 0.216. The summed E-state index contributed by atoms with van der Waals surface area (Å²) in [5, 5.41) is 4.92. The molecule has 1 aromatic carbocycles. The van der Waals surface area contributed by atoms with E-state index in [-0.39, 0.29) is 11.5 Å². The molecule has 1 heterocycles. The Morgan fingerprint density at radius 2 is 2.06 bits per heavy atom. The number of hydrogen-bond acceptors (Lipinski definition) is 2. The first-order chi connectivity index (χ1) is 7.84. The Kier molecular flexibility index (Phi) is 3.25. The Bertz CT molecular complexity index is 496. The van der Waals surface area contributed by atoms with Gasteiger partial charge in [-0.3, -0.25) is 0 Å². The van der Waals surface area contributed by atoms with Crippen molar-refractivity contribution in [3.8, 4) is 0 Å². The first kappa shape index (κ1) is 12.9. The monoisotopic (exact) mass is 315 g/mol. The Morgan fingerprint density at radius 3 is 2.59 bits per heavy atom. The van der Waals surface area contributed by atoms with Gasteiger partial charge in [0, 0.05) is 16.0 Å². The summed E-state index contributed by atoms with van der Waals surface area (Å²) < 4.78 is 0.888. The lowest BCUT2D eigenvalue weighted by molar-refractivity contribution is -0.0102. The van der Waals surface area contributed by atoms with Crippen molar-refractivity contribution in [2.45, 2.75) is 33.3 Å². The standard InChI is InChI=1S/C13H15BrClNO/c1-7-5-6-9(14)11(15)10(7)12-8(2)13(3,4)17-16-12/h5-6,8H,1-4H3. The van der Waals surface area contributed by atoms with Gasteiger partial charge in [0.15, 0.2) is 0 Å². The molecule has 1 atom stereocenters. The second kappa shape index (κ2) is 4.29. The van der Waals surface area contributed by atoms with Crippen molar-refractivity contribution in [1.82, 2.24) is 0 Å². The van der Waals surface area contributed by atoms with Gasteiger partial charge in [-0.05, 0) is 48.3 Å². The molecule has 0 N–H and O–H groups in total. The van der Waals surface area contributed by atoms with Crippen molar-refractivity contribution in [2.75, 3.05) is 0 Å². The van der Waals surface area contributed by atoms with Crippen LogP contribution in [0.5, 0.6) is 0 Å². The fraction of sp³-hybridized carbons (Fsp3) is 0.462. The quantitative estimate of drug-likeness (QED) is 0.744. The van der Waals surface area contributed by atoms with Gasteiger partial charge in [-0.25, -0.2) is 0 Å². The average molecular weight is 317 g/mol. The number of aryl methyl sites for hydroxylation is 1. The second-order valence-electron chi connectivity index (χ2n) is 4.95. The molecule has 1 aliphatic heterocycles. The van der Waals surface area contributed by atoms with Crippen molar-refractivity contribution in [2.24, 2.45) is 11.1 Å². The summed E-state index contributed by atoms with van der Waals surface area (Å²) in [6.45, 7) is 8.22. The second-order valence-corrected chi connectivity index (χ2v) is 6.18. The van der Waals surface area contributed by atoms with E-state index in [0.29, 0.717) is 5.02 Å². The van der Waals surface area contributed by atoms with Gasteiger partial charge in [0.25, 0.3) is 0 Å². The normalized spacial score (nSPS) is 22.2. The number of hydrogen-bond donors (Lipinski definition) is 0. The average Bonchev–Trinajstić information content (AvgIpc) is 2.51. The molecule has 0 spiro atoms. The third-order valence-electron chi connectivity index (χ3n) is 3.39. The van der Waals surface area contributed by atoms with E-state index < -0.39 is 0 Å². The van der Waals surface area contributed by atoms with Gasteiger partial charge >= 0.3 is 0 Å². The summed E-state index contributed by atoms with van der Waals surface area (Å²) in [7, 11) is 0. The molecule has 2 rings (SSSR count). The molecule has 0 aliphatic carbocycles. The lowest BCUT2D eigenvalue weighted by atomic mass is 9.85. The molecule has 0 aromatic heterocycles. The van der Waals surface area contributed by atoms with Crippen LogP contribution in [0.15, 0.2) is 21.8 Å². The number of halogens is 2. The van der Waals surface area contributed by atoms with Crippen LogP contribution in [0.1, 0.15) is 31.9 Å². The molecule has 0 amide bonds. The van der Waals surface area contributed by atoms with E-state index in [1.807, 2.05) is 32.9 Å². The zero-order chi connectivity index (χ0) is 12.8. The zero-order valence-electron chi connectivity index (χ0n) is 10.3. The first-order valence-corrected chi connectivity index (χ1v) is 6.72. The number of rotatable bonds is 1. The smallest absolute Gasteiger partial charge is 0.140 e. The summed E-state index contributed by atoms with van der Waals surface area (Å²) in [6, 6.07) is 3.99. The molecule has 0 saturated heterocycles. The van der Waals surface area contributed by atoms with Crippen LogP contribution >= 0.6 is 27.5 Å². The zero-order valence-corrected chi connectivity index (χ0v) is 12.7. The molecule has 2 nitrogen and oxygen atoms in total. The van der Waals surface area contributed by atoms with Gasteiger partial charge in [-0.1, -0.05) is 29.7 Å². The van der Waals surface area contributed by atoms with Crippen molar-refractivity contribution in [3.05, 3.63) is 32.8 Å². The molecule has 0 fully saturated rings. The van der Waals surface area contributed by atoms with Crippen LogP contribution in [0.4, 0.5) is 0 Å². The van der Waals surface area contributed by atoms with Crippen LogP contribution in [0.2, 0.25) is 5.02 Å². The van der Waals surface area contributed by atoms with E-state index in [4.69, 9.17) is 16.4 Å². The maximum Gasteiger partial charge on any atom is 0.140 e. The molecule has 0 radical (unpaired) electrons. The Hall–Kier alpha value is -0.540. The molecule has 1 unspecified atom stereocenters. The Morgan fingerprint density at radius 1 is 1.41 bits per heavy atom. The van der Waals surface area contributed by atoms with E-state index in [1.165, 1.54) is 0 Å². The van der Waals surface area contributed by atoms with Crippen molar-refractivity contribution in [1.29, 1.82) is 0 Å². The molecule has 1 aliphatic rings. The van der Waals surface area contributed by atoms with E-state index in [2.05, 4.69) is 28.0 Å². The highest BCUT2D eigenvalue weighted by atomic mass is 79.9. The van der Waals surface area contributed by atoms with Gasteiger partial charge in [0.1, 0.15) is 5.60 Å². The molecular weight excluding hydrogens is 302 g/mol. The van der Waals surface area contributed by atoms with Crippen LogP contribution in [0.3, 0.4) is 0 Å². The van der Waals surface area contributed by atoms with E-state index >= 15 is 0 Å². The molecule has 4 heteroatoms. The summed E-state index contributed by atoms with van der Waals surface area (Å²) in [5.41, 5.74) is 2.76. The van der Waals surface area contributed by atoms with Gasteiger partial charge in [-0.2, -0.15) is 0 Å². The predicted octanol–water partition coefficient (Wildman–Crippen LogP) is 4.56. The summed E-state index contributed by atoms with van der Waals surface area (Å²) in [4.78, 5) is 5.48. The summed E-state index contributed by atoms with van der Waals surface area (Å²) >= 11 is 9.80. The maximum atomic E-state index is 6.35. The maximum absolute atomic E-state index is 6.35. The fourth-order valence-electron chi connectivity index (χ4n) is 1.88. The SMILES string of the molecule is Cc1ccc(Br)c(Cl)c1C1=NOC(C)(C)C1C. The predicted molar refractivity (Wildman–Crippen MR) is 74.8 cm³/mol. The topological polar surface area (TPSA) is 21.6 Å². The van der Waals surface area contributed by atoms with Crippen LogP contribution in [0.25, 0.3) is 0 Å². The van der Waals surface area contributed by atoms with Crippen LogP contribution in [-0.4, -0.2) is 11.3 Å². The van der Waals surface area contributed by atoms with Crippen LogP contribution in [0, 0.1) is 12.8 Å². The number of benzene rings is 1. The lowest BCUT2D eigenvalue weighted by Crippen LogP contribution is -2.30. The van der Waals surface area contributed by atoms with Gasteiger partial charge in [0.2, 0.25) is 0 Å². The fourth-order valence-corrected chi connectivity index (χ4v) is 2.52. The van der Waals surface area contributed by atoms with Gasteiger partial charge in [-0.15, -0.1) is 0 Å². The molecule has 0 bridgehead atoms. The number of nitrogens with zero attached hydrogens (tertiary/aromatic N) is 1. The highest BCUT2D eigenvalue weighted by molar-refractivity contribution is 9.10. The minimum Gasteiger partial charge on any atom is -0.389 e. The van der Waals surface area contributed by atoms with E-state index in [9.17, 15) is 0 Å². The molecule has 17 heavy (non-hydrogen) atoms. The largest absolute Gasteiger partial charge is 0.389 e. The summed E-state index contributed by atoms with van der Waals surface area (Å²) in [6.07, 6.45) is 0. The minimum absolute atomic E-state index is 0.216. The van der Waals surface area contributed by atoms with Crippen molar-refractivity contribution in [3.63, 3.8) is 0 Å². The van der Waals surface area contributed by atoms with Crippen molar-refractivity contribution >= 4 is 33.2 Å². The Balaban J connectivity index is 2.53. The molecular formula is C13H15BrClNO. The molecule has 92 valence electrons. The van der Waals surface area contributed by atoms with Crippen LogP contribution in [-0.2, 0) is 4.84 Å². The molecule has 0 saturated carbocycles. The van der Waals surface area contributed by atoms with Gasteiger partial charge < -0.3 is 4.84 Å². The Labute approximate surface area is 115 Å². The lowest BCUT2D eigenvalue weighted by Gasteiger charge is -2.22. The molecule has 1 aromatic rings. The highest BCUT2D eigenvalue weighted by Crippen LogP contribution is 2.37. The van der Waals surface area contributed by atoms with Crippen molar-refractivity contribution < 1.29 is 4.84 Å². The van der Waals surface area contributed by atoms with E-state index in [1.54, 1.807) is 0 Å². The third-order valence-corrected chi connectivity index (χ3v) is 4.67. The highest BCUT2D eigenvalue weighted by Gasteiger charge is 2.39. The third kappa shape index (κ3) is 2.11. The van der Waals surface area contributed by atoms with Gasteiger partial charge in [0.05, 0.1) is 10.7 Å². The number of oxime groups is 1. The minimum atomic E-state index is -0.270. The first-order valence-electron chi connectivity index (χ1n) is 5.55. The van der Waals surface area contributed by atoms with E-state index in [0.717, 1.165) is 21.3 Å².